The number of sulfonamides is 1. The molecule has 0 aromatic heterocycles. The van der Waals surface area contributed by atoms with E-state index in [0.717, 1.165) is 12.1 Å². The minimum Gasteiger partial charge on any atom is -0.490 e. The molecule has 1 heterocycles. The third kappa shape index (κ3) is 4.05. The van der Waals surface area contributed by atoms with Crippen LogP contribution in [0.3, 0.4) is 0 Å². The van der Waals surface area contributed by atoms with E-state index >= 15 is 4.39 Å². The topological polar surface area (TPSA) is 116 Å². The fraction of sp³-hybridized carbons (Fsp3) is 0.478. The Hall–Kier alpha value is -1.79. The molecule has 0 unspecified atom stereocenters. The molecule has 2 saturated carbocycles. The molecule has 5 rings (SSSR count). The maximum absolute atomic E-state index is 15.3. The molecule has 3 atom stereocenters. The number of hydrogen-bond donors (Lipinski definition) is 2. The molecule has 0 saturated heterocycles. The maximum Gasteiger partial charge on any atom is 0.214 e. The number of sulfone groups is 1. The van der Waals surface area contributed by atoms with Crippen molar-refractivity contribution in [2.24, 2.45) is 11.7 Å². The number of benzene rings is 2. The van der Waals surface area contributed by atoms with E-state index in [1.807, 2.05) is 0 Å². The van der Waals surface area contributed by atoms with Crippen LogP contribution in [0.15, 0.2) is 41.3 Å². The number of fused-ring (bicyclic) bond motifs is 3. The number of nitrogens with one attached hydrogen (secondary N) is 1. The van der Waals surface area contributed by atoms with E-state index in [9.17, 15) is 21.2 Å². The molecule has 0 bridgehead atoms. The smallest absolute Gasteiger partial charge is 0.214 e. The first-order chi connectivity index (χ1) is 16.4. The summed E-state index contributed by atoms with van der Waals surface area (Å²) in [6.07, 6.45) is 1.14. The van der Waals surface area contributed by atoms with Gasteiger partial charge in [-0.05, 0) is 68.5 Å². The van der Waals surface area contributed by atoms with Crippen molar-refractivity contribution in [3.63, 3.8) is 0 Å². The van der Waals surface area contributed by atoms with Gasteiger partial charge in [-0.2, -0.15) is 0 Å². The summed E-state index contributed by atoms with van der Waals surface area (Å²) in [4.78, 5) is -0.0811. The second-order valence-electron chi connectivity index (χ2n) is 9.72. The van der Waals surface area contributed by atoms with Gasteiger partial charge in [0.05, 0.1) is 22.3 Å². The first-order valence-corrected chi connectivity index (χ1v) is 14.7. The molecule has 3 aliphatic rings. The Bertz CT molecular complexity index is 1380. The van der Waals surface area contributed by atoms with E-state index in [1.165, 1.54) is 24.3 Å². The molecular weight excluding hydrogens is 522 g/mol. The lowest BCUT2D eigenvalue weighted by molar-refractivity contribution is 0.0864. The molecular formula is C23H25ClF2N2O5S2. The molecule has 2 aromatic rings. The van der Waals surface area contributed by atoms with E-state index in [-0.39, 0.29) is 42.9 Å². The summed E-state index contributed by atoms with van der Waals surface area (Å²) in [5.74, 6) is -3.01. The predicted octanol–water partition coefficient (Wildman–Crippen LogP) is 3.26. The van der Waals surface area contributed by atoms with Crippen molar-refractivity contribution in [3.05, 3.63) is 58.6 Å². The van der Waals surface area contributed by atoms with Crippen molar-refractivity contribution in [3.8, 4) is 5.75 Å². The van der Waals surface area contributed by atoms with Gasteiger partial charge < -0.3 is 10.5 Å². The minimum absolute atomic E-state index is 0.0302. The van der Waals surface area contributed by atoms with Gasteiger partial charge in [-0.1, -0.05) is 11.6 Å². The zero-order valence-corrected chi connectivity index (χ0v) is 21.0. The van der Waals surface area contributed by atoms with Gasteiger partial charge in [-0.15, -0.1) is 0 Å². The molecule has 1 aliphatic heterocycles. The van der Waals surface area contributed by atoms with Crippen molar-refractivity contribution >= 4 is 31.5 Å². The van der Waals surface area contributed by atoms with Gasteiger partial charge >= 0.3 is 0 Å². The fourth-order valence-corrected chi connectivity index (χ4v) is 9.33. The summed E-state index contributed by atoms with van der Waals surface area (Å²) in [6, 6.07) is 7.32. The molecule has 0 radical (unpaired) electrons. The molecule has 2 aromatic carbocycles. The highest BCUT2D eigenvalue weighted by Gasteiger charge is 2.61. The lowest BCUT2D eigenvalue weighted by Crippen LogP contribution is -2.62. The lowest BCUT2D eigenvalue weighted by atomic mass is 9.66. The van der Waals surface area contributed by atoms with Crippen LogP contribution in [0.25, 0.3) is 0 Å². The molecule has 7 nitrogen and oxygen atoms in total. The zero-order chi connectivity index (χ0) is 25.2. The first kappa shape index (κ1) is 24.9. The monoisotopic (exact) mass is 546 g/mol. The van der Waals surface area contributed by atoms with E-state index in [0.29, 0.717) is 17.9 Å². The Labute approximate surface area is 208 Å². The number of hydrogen-bond acceptors (Lipinski definition) is 6. The van der Waals surface area contributed by atoms with E-state index in [1.54, 1.807) is 0 Å². The van der Waals surface area contributed by atoms with Gasteiger partial charge in [-0.3, -0.25) is 0 Å². The lowest BCUT2D eigenvalue weighted by Gasteiger charge is -2.52. The standard InChI is InChI=1S/C23H25ClF2N2O5S2/c24-15-1-3-16(4-2-15)34(29,30)23-10-9-22(27,13-28-35(31,32)17-5-6-17)11-14(23)12-33-21-19(26)8-7-18(25)20(21)23/h1-4,7-8,14,17,28H,5-6,9-13,27H2/t14-,22+,23+/m0/s1. The average Bonchev–Trinajstić information content (AvgIpc) is 3.66. The van der Waals surface area contributed by atoms with E-state index < -0.39 is 58.7 Å². The largest absolute Gasteiger partial charge is 0.490 e. The van der Waals surface area contributed by atoms with Crippen molar-refractivity contribution < 1.29 is 30.4 Å². The highest BCUT2D eigenvalue weighted by molar-refractivity contribution is 7.92. The second kappa shape index (κ2) is 8.37. The molecule has 35 heavy (non-hydrogen) atoms. The summed E-state index contributed by atoms with van der Waals surface area (Å²) in [5, 5.41) is -0.101. The maximum atomic E-state index is 15.3. The molecule has 12 heteroatoms. The summed E-state index contributed by atoms with van der Waals surface area (Å²) >= 11 is 5.95. The van der Waals surface area contributed by atoms with E-state index in [2.05, 4.69) is 4.72 Å². The van der Waals surface area contributed by atoms with Crippen molar-refractivity contribution in [2.75, 3.05) is 13.2 Å². The van der Waals surface area contributed by atoms with Gasteiger partial charge in [0.25, 0.3) is 0 Å². The minimum atomic E-state index is -4.29. The number of ether oxygens (including phenoxy) is 1. The molecule has 3 N–H and O–H groups in total. The third-order valence-corrected chi connectivity index (χ3v) is 12.2. The van der Waals surface area contributed by atoms with Crippen LogP contribution < -0.4 is 15.2 Å². The second-order valence-corrected chi connectivity index (χ2v) is 14.4. The van der Waals surface area contributed by atoms with Crippen LogP contribution in [-0.4, -0.2) is 40.8 Å². The summed E-state index contributed by atoms with van der Waals surface area (Å²) in [6.45, 7) is -0.299. The Kier molecular flexibility index (Phi) is 5.95. The van der Waals surface area contributed by atoms with Gasteiger partial charge in [-0.25, -0.2) is 30.3 Å². The first-order valence-electron chi connectivity index (χ1n) is 11.3. The van der Waals surface area contributed by atoms with Gasteiger partial charge in [0.15, 0.2) is 21.4 Å². The van der Waals surface area contributed by atoms with Gasteiger partial charge in [0.1, 0.15) is 10.6 Å². The summed E-state index contributed by atoms with van der Waals surface area (Å²) in [7, 11) is -7.80. The third-order valence-electron chi connectivity index (χ3n) is 7.41. The fourth-order valence-electron chi connectivity index (χ4n) is 5.38. The highest BCUT2D eigenvalue weighted by Crippen LogP contribution is 2.57. The van der Waals surface area contributed by atoms with Crippen LogP contribution in [-0.2, 0) is 24.6 Å². The molecule has 0 amide bonds. The normalized spacial score (nSPS) is 28.6. The zero-order valence-electron chi connectivity index (χ0n) is 18.6. The summed E-state index contributed by atoms with van der Waals surface area (Å²) in [5.41, 5.74) is 5.15. The van der Waals surface area contributed by atoms with Crippen molar-refractivity contribution in [2.45, 2.75) is 52.5 Å². The van der Waals surface area contributed by atoms with Crippen LogP contribution in [0.5, 0.6) is 5.75 Å². The molecule has 2 aliphatic carbocycles. The van der Waals surface area contributed by atoms with Gasteiger partial charge in [0, 0.05) is 23.0 Å². The highest BCUT2D eigenvalue weighted by atomic mass is 35.5. The predicted molar refractivity (Wildman–Crippen MR) is 126 cm³/mol. The Balaban J connectivity index is 1.59. The quantitative estimate of drug-likeness (QED) is 0.574. The Morgan fingerprint density at radius 2 is 1.69 bits per heavy atom. The van der Waals surface area contributed by atoms with Crippen molar-refractivity contribution in [1.82, 2.24) is 4.72 Å². The molecule has 2 fully saturated rings. The van der Waals surface area contributed by atoms with Gasteiger partial charge in [0.2, 0.25) is 10.0 Å². The van der Waals surface area contributed by atoms with Crippen LogP contribution in [0.2, 0.25) is 5.02 Å². The number of halogens is 3. The number of rotatable bonds is 6. The Morgan fingerprint density at radius 1 is 1.03 bits per heavy atom. The average molecular weight is 547 g/mol. The van der Waals surface area contributed by atoms with Crippen LogP contribution >= 0.6 is 11.6 Å². The Morgan fingerprint density at radius 3 is 2.34 bits per heavy atom. The van der Waals surface area contributed by atoms with Crippen LogP contribution in [0.4, 0.5) is 8.78 Å². The van der Waals surface area contributed by atoms with Crippen LogP contribution in [0, 0.1) is 17.6 Å². The molecule has 190 valence electrons. The SMILES string of the molecule is N[C@]1(CNS(=O)(=O)C2CC2)CC[C@]2(S(=O)(=O)c3ccc(Cl)cc3)c3c(F)ccc(F)c3OC[C@@H]2C1. The molecule has 0 spiro atoms. The summed E-state index contributed by atoms with van der Waals surface area (Å²) < 4.78 is 89.3. The van der Waals surface area contributed by atoms with Crippen molar-refractivity contribution in [1.29, 1.82) is 0 Å². The van der Waals surface area contributed by atoms with E-state index in [4.69, 9.17) is 22.1 Å². The number of nitrogens with two attached hydrogens (primary N) is 1. The van der Waals surface area contributed by atoms with Crippen LogP contribution in [0.1, 0.15) is 37.7 Å².